The number of rotatable bonds is 3. The quantitative estimate of drug-likeness (QED) is 0.191. The highest BCUT2D eigenvalue weighted by Crippen LogP contribution is 2.52. The SMILES string of the molecule is CC1(C)c2ccccc2-c2cc3c4ccccc4n(-c4c(C#N)c(-c5ccccc5)c(C#N)c5c6ccccc6n(-c6ccccc6)c45)c3cc21. The number of aromatic nitrogens is 2. The predicted octanol–water partition coefficient (Wildman–Crippen LogP) is 11.6. The predicted molar refractivity (Wildman–Crippen MR) is 208 cm³/mol. The minimum atomic E-state index is -0.215. The zero-order valence-electron chi connectivity index (χ0n) is 28.1. The number of para-hydroxylation sites is 3. The van der Waals surface area contributed by atoms with Gasteiger partial charge in [-0.2, -0.15) is 10.5 Å². The molecule has 0 bridgehead atoms. The van der Waals surface area contributed by atoms with Gasteiger partial charge in [0.25, 0.3) is 0 Å². The van der Waals surface area contributed by atoms with Crippen LogP contribution in [0.4, 0.5) is 0 Å². The van der Waals surface area contributed by atoms with E-state index in [1.165, 1.54) is 22.3 Å². The normalized spacial score (nSPS) is 13.0. The van der Waals surface area contributed by atoms with Crippen molar-refractivity contribution in [2.45, 2.75) is 19.3 Å². The van der Waals surface area contributed by atoms with Crippen molar-refractivity contribution < 1.29 is 0 Å². The third kappa shape index (κ3) is 3.82. The molecule has 0 fully saturated rings. The first-order chi connectivity index (χ1) is 25.0. The van der Waals surface area contributed by atoms with E-state index in [0.29, 0.717) is 16.7 Å². The lowest BCUT2D eigenvalue weighted by Gasteiger charge is -2.22. The highest BCUT2D eigenvalue weighted by molar-refractivity contribution is 6.20. The van der Waals surface area contributed by atoms with E-state index in [4.69, 9.17) is 0 Å². The molecular weight excluding hydrogens is 621 g/mol. The van der Waals surface area contributed by atoms with Gasteiger partial charge in [0.1, 0.15) is 12.1 Å². The van der Waals surface area contributed by atoms with Crippen molar-refractivity contribution in [2.75, 3.05) is 0 Å². The summed E-state index contributed by atoms with van der Waals surface area (Å²) in [7, 11) is 0. The third-order valence-corrected chi connectivity index (χ3v) is 11.0. The Morgan fingerprint density at radius 3 is 1.84 bits per heavy atom. The standard InChI is InChI=1S/C47H30N4/c1-47(2)38-22-12-9-19-31(38)34-25-35-32-20-10-13-23-40(32)51(42(35)26-39(34)47)45-37(28-49)43(29-15-5-3-6-16-29)36(27-48)44-33-21-11-14-24-41(33)50(46(44)45)30-17-7-4-8-18-30/h3-26H,1-2H3. The summed E-state index contributed by atoms with van der Waals surface area (Å²) in [6.07, 6.45) is 0. The molecule has 0 aliphatic heterocycles. The van der Waals surface area contributed by atoms with Gasteiger partial charge in [0.2, 0.25) is 0 Å². The van der Waals surface area contributed by atoms with E-state index in [1.54, 1.807) is 0 Å². The van der Waals surface area contributed by atoms with Gasteiger partial charge in [-0.3, -0.25) is 0 Å². The number of hydrogen-bond donors (Lipinski definition) is 0. The molecule has 2 heterocycles. The fourth-order valence-corrected chi connectivity index (χ4v) is 8.79. The van der Waals surface area contributed by atoms with Crippen LogP contribution >= 0.6 is 0 Å². The molecule has 7 aromatic carbocycles. The van der Waals surface area contributed by atoms with E-state index in [0.717, 1.165) is 60.5 Å². The highest BCUT2D eigenvalue weighted by Gasteiger charge is 2.37. The van der Waals surface area contributed by atoms with Crippen molar-refractivity contribution in [3.63, 3.8) is 0 Å². The Hall–Kier alpha value is -6.88. The van der Waals surface area contributed by atoms with Gasteiger partial charge in [0.05, 0.1) is 38.9 Å². The largest absolute Gasteiger partial charge is 0.307 e. The summed E-state index contributed by atoms with van der Waals surface area (Å²) in [5, 5.41) is 26.5. The minimum absolute atomic E-state index is 0.215. The molecule has 0 saturated carbocycles. The molecule has 0 N–H and O–H groups in total. The van der Waals surface area contributed by atoms with Crippen LogP contribution in [0.2, 0.25) is 0 Å². The Labute approximate surface area is 295 Å². The first-order valence-electron chi connectivity index (χ1n) is 17.2. The molecule has 0 radical (unpaired) electrons. The van der Waals surface area contributed by atoms with Crippen LogP contribution in [0.1, 0.15) is 36.1 Å². The number of fused-ring (bicyclic) bond motifs is 9. The Kier molecular flexibility index (Phi) is 6.02. The monoisotopic (exact) mass is 650 g/mol. The van der Waals surface area contributed by atoms with Crippen LogP contribution in [0.15, 0.2) is 146 Å². The molecule has 0 unspecified atom stereocenters. The molecular formula is C47H30N4. The van der Waals surface area contributed by atoms with Crippen LogP contribution in [0.3, 0.4) is 0 Å². The van der Waals surface area contributed by atoms with Gasteiger partial charge in [0, 0.05) is 38.2 Å². The number of nitrogens with zero attached hydrogens (tertiary/aromatic N) is 4. The van der Waals surface area contributed by atoms with E-state index in [1.807, 2.05) is 60.7 Å². The van der Waals surface area contributed by atoms with Gasteiger partial charge >= 0.3 is 0 Å². The van der Waals surface area contributed by atoms with Crippen molar-refractivity contribution in [1.82, 2.24) is 9.13 Å². The Morgan fingerprint density at radius 1 is 0.510 bits per heavy atom. The molecule has 0 amide bonds. The van der Waals surface area contributed by atoms with Crippen LogP contribution < -0.4 is 0 Å². The zero-order chi connectivity index (χ0) is 34.4. The number of hydrogen-bond acceptors (Lipinski definition) is 2. The van der Waals surface area contributed by atoms with Crippen molar-refractivity contribution in [3.05, 3.63) is 168 Å². The summed E-state index contributed by atoms with van der Waals surface area (Å²) in [6, 6.07) is 55.7. The maximum atomic E-state index is 11.4. The molecule has 10 rings (SSSR count). The lowest BCUT2D eigenvalue weighted by Crippen LogP contribution is -2.15. The molecule has 0 atom stereocenters. The number of benzene rings is 7. The van der Waals surface area contributed by atoms with Gasteiger partial charge < -0.3 is 9.13 Å². The van der Waals surface area contributed by atoms with Crippen molar-refractivity contribution >= 4 is 43.6 Å². The molecule has 1 aliphatic rings. The maximum absolute atomic E-state index is 11.4. The summed E-state index contributed by atoms with van der Waals surface area (Å²) < 4.78 is 4.54. The molecule has 2 aromatic heterocycles. The first kappa shape index (κ1) is 29.1. The smallest absolute Gasteiger partial charge is 0.102 e. The second-order valence-electron chi connectivity index (χ2n) is 13.9. The summed E-state index contributed by atoms with van der Waals surface area (Å²) in [5.74, 6) is 0. The van der Waals surface area contributed by atoms with Crippen LogP contribution in [0, 0.1) is 22.7 Å². The molecule has 0 saturated heterocycles. The minimum Gasteiger partial charge on any atom is -0.307 e. The van der Waals surface area contributed by atoms with E-state index >= 15 is 0 Å². The fraction of sp³-hybridized carbons (Fsp3) is 0.0638. The summed E-state index contributed by atoms with van der Waals surface area (Å²) >= 11 is 0. The second kappa shape index (κ2) is 10.6. The zero-order valence-corrected chi connectivity index (χ0v) is 28.1. The molecule has 0 spiro atoms. The van der Waals surface area contributed by atoms with E-state index in [-0.39, 0.29) is 5.41 Å². The number of nitriles is 2. The summed E-state index contributed by atoms with van der Waals surface area (Å²) in [4.78, 5) is 0. The molecule has 1 aliphatic carbocycles. The first-order valence-corrected chi connectivity index (χ1v) is 17.2. The average Bonchev–Trinajstić information content (AvgIpc) is 3.77. The lowest BCUT2D eigenvalue weighted by molar-refractivity contribution is 0.661. The Balaban J connectivity index is 1.49. The van der Waals surface area contributed by atoms with Gasteiger partial charge in [-0.25, -0.2) is 0 Å². The van der Waals surface area contributed by atoms with Crippen LogP contribution in [0.5, 0.6) is 0 Å². The molecule has 9 aromatic rings. The van der Waals surface area contributed by atoms with E-state index in [9.17, 15) is 10.5 Å². The van der Waals surface area contributed by atoms with E-state index < -0.39 is 0 Å². The van der Waals surface area contributed by atoms with Gasteiger partial charge in [-0.05, 0) is 64.2 Å². The summed E-state index contributed by atoms with van der Waals surface area (Å²) in [6.45, 7) is 4.61. The topological polar surface area (TPSA) is 57.4 Å². The molecule has 4 nitrogen and oxygen atoms in total. The highest BCUT2D eigenvalue weighted by atomic mass is 15.1. The third-order valence-electron chi connectivity index (χ3n) is 11.0. The van der Waals surface area contributed by atoms with E-state index in [2.05, 4.69) is 120 Å². The average molecular weight is 651 g/mol. The van der Waals surface area contributed by atoms with Crippen LogP contribution in [-0.4, -0.2) is 9.13 Å². The van der Waals surface area contributed by atoms with Crippen molar-refractivity contribution in [2.24, 2.45) is 0 Å². The summed E-state index contributed by atoms with van der Waals surface area (Å²) in [5.41, 5.74) is 12.9. The lowest BCUT2D eigenvalue weighted by atomic mass is 9.82. The van der Waals surface area contributed by atoms with Gasteiger partial charge in [-0.15, -0.1) is 0 Å². The fourth-order valence-electron chi connectivity index (χ4n) is 8.79. The van der Waals surface area contributed by atoms with Gasteiger partial charge in [0.15, 0.2) is 0 Å². The molecule has 4 heteroatoms. The Bertz CT molecular complexity index is 3000. The van der Waals surface area contributed by atoms with Crippen molar-refractivity contribution in [3.8, 4) is 45.8 Å². The Morgan fingerprint density at radius 2 is 1.12 bits per heavy atom. The van der Waals surface area contributed by atoms with Crippen molar-refractivity contribution in [1.29, 1.82) is 10.5 Å². The maximum Gasteiger partial charge on any atom is 0.102 e. The second-order valence-corrected chi connectivity index (χ2v) is 13.9. The molecule has 238 valence electrons. The van der Waals surface area contributed by atoms with Crippen LogP contribution in [-0.2, 0) is 5.41 Å². The van der Waals surface area contributed by atoms with Gasteiger partial charge in [-0.1, -0.05) is 123 Å². The molecule has 51 heavy (non-hydrogen) atoms. The van der Waals surface area contributed by atoms with Crippen LogP contribution in [0.25, 0.3) is 77.2 Å².